The number of fused-ring (bicyclic) bond motifs is 4. The number of pyridine rings is 1. The highest BCUT2D eigenvalue weighted by atomic mass is 32.1. The first kappa shape index (κ1) is 18.2. The number of para-hydroxylation sites is 1. The van der Waals surface area contributed by atoms with Gasteiger partial charge in [0.05, 0.1) is 0 Å². The molecule has 2 aliphatic heterocycles. The number of anilines is 1. The summed E-state index contributed by atoms with van der Waals surface area (Å²) in [5.74, 6) is 0.848. The fourth-order valence-corrected chi connectivity index (χ4v) is 4.90. The predicted octanol–water partition coefficient (Wildman–Crippen LogP) is 3.79. The minimum absolute atomic E-state index is 0.126. The van der Waals surface area contributed by atoms with Gasteiger partial charge < -0.3 is 14.8 Å². The molecule has 2 aromatic rings. The van der Waals surface area contributed by atoms with Gasteiger partial charge in [0, 0.05) is 43.0 Å². The summed E-state index contributed by atoms with van der Waals surface area (Å²) in [6.07, 6.45) is 3.12. The fraction of sp³-hybridized carbons (Fsp3) is 0.455. The quantitative estimate of drug-likeness (QED) is 0.821. The molecule has 4 nitrogen and oxygen atoms in total. The monoisotopic (exact) mass is 381 g/mol. The Bertz CT molecular complexity index is 898. The van der Waals surface area contributed by atoms with E-state index in [1.807, 2.05) is 10.6 Å². The molecule has 142 valence electrons. The molecule has 1 aromatic heterocycles. The van der Waals surface area contributed by atoms with Crippen molar-refractivity contribution >= 4 is 23.0 Å². The zero-order valence-corrected chi connectivity index (χ0v) is 16.9. The van der Waals surface area contributed by atoms with E-state index in [2.05, 4.69) is 48.3 Å². The van der Waals surface area contributed by atoms with E-state index in [9.17, 15) is 4.79 Å². The molecule has 0 spiro atoms. The van der Waals surface area contributed by atoms with Crippen LogP contribution in [0.4, 0.5) is 5.69 Å². The van der Waals surface area contributed by atoms with Crippen LogP contribution < -0.4 is 10.9 Å². The molecule has 0 aliphatic carbocycles. The van der Waals surface area contributed by atoms with E-state index in [0.717, 1.165) is 49.7 Å². The zero-order valence-electron chi connectivity index (χ0n) is 16.1. The van der Waals surface area contributed by atoms with Crippen molar-refractivity contribution in [1.82, 2.24) is 9.47 Å². The molecule has 2 aliphatic rings. The second-order valence-electron chi connectivity index (χ2n) is 7.69. The molecule has 4 rings (SSSR count). The molecule has 0 unspecified atom stereocenters. The highest BCUT2D eigenvalue weighted by Gasteiger charge is 2.35. The highest BCUT2D eigenvalue weighted by molar-refractivity contribution is 7.80. The van der Waals surface area contributed by atoms with Crippen molar-refractivity contribution in [3.8, 4) is 0 Å². The van der Waals surface area contributed by atoms with Crippen LogP contribution in [-0.4, -0.2) is 27.7 Å². The maximum atomic E-state index is 12.2. The lowest BCUT2D eigenvalue weighted by atomic mass is 9.83. The Morgan fingerprint density at radius 2 is 1.78 bits per heavy atom. The Morgan fingerprint density at radius 1 is 1.07 bits per heavy atom. The summed E-state index contributed by atoms with van der Waals surface area (Å²) < 4.78 is 1.97. The molecule has 2 atom stereocenters. The highest BCUT2D eigenvalue weighted by Crippen LogP contribution is 2.35. The Morgan fingerprint density at radius 3 is 2.48 bits per heavy atom. The number of benzene rings is 1. The second kappa shape index (κ2) is 7.47. The van der Waals surface area contributed by atoms with Gasteiger partial charge in [-0.05, 0) is 54.6 Å². The van der Waals surface area contributed by atoms with E-state index in [-0.39, 0.29) is 5.56 Å². The van der Waals surface area contributed by atoms with Gasteiger partial charge in [0.2, 0.25) is 0 Å². The summed E-state index contributed by atoms with van der Waals surface area (Å²) in [6, 6.07) is 12.1. The lowest BCUT2D eigenvalue weighted by molar-refractivity contribution is 0.180. The maximum Gasteiger partial charge on any atom is 0.250 e. The van der Waals surface area contributed by atoms with Gasteiger partial charge in [0.25, 0.3) is 5.56 Å². The van der Waals surface area contributed by atoms with E-state index >= 15 is 0 Å². The van der Waals surface area contributed by atoms with Crippen molar-refractivity contribution in [3.05, 3.63) is 63.6 Å². The largest absolute Gasteiger partial charge is 0.348 e. The number of aryl methyl sites for hydroxylation is 2. The molecule has 0 amide bonds. The molecule has 5 heteroatoms. The molecule has 1 fully saturated rings. The number of piperidine rings is 1. The van der Waals surface area contributed by atoms with Gasteiger partial charge in [-0.1, -0.05) is 38.1 Å². The molecule has 27 heavy (non-hydrogen) atoms. The second-order valence-corrected chi connectivity index (χ2v) is 8.08. The van der Waals surface area contributed by atoms with Gasteiger partial charge >= 0.3 is 0 Å². The molecule has 3 heterocycles. The van der Waals surface area contributed by atoms with Crippen LogP contribution in [0.1, 0.15) is 43.0 Å². The third kappa shape index (κ3) is 3.41. The van der Waals surface area contributed by atoms with Crippen molar-refractivity contribution in [3.63, 3.8) is 0 Å². The number of nitrogens with one attached hydrogen (secondary N) is 1. The number of hydrogen-bond donors (Lipinski definition) is 1. The summed E-state index contributed by atoms with van der Waals surface area (Å²) in [4.78, 5) is 14.5. The van der Waals surface area contributed by atoms with E-state index in [4.69, 9.17) is 12.2 Å². The van der Waals surface area contributed by atoms with E-state index in [1.165, 1.54) is 16.8 Å². The van der Waals surface area contributed by atoms with Crippen LogP contribution in [-0.2, 0) is 19.4 Å². The summed E-state index contributed by atoms with van der Waals surface area (Å²) in [5.41, 5.74) is 5.09. The van der Waals surface area contributed by atoms with Crippen LogP contribution in [0.15, 0.2) is 41.2 Å². The lowest BCUT2D eigenvalue weighted by Gasteiger charge is -2.43. The predicted molar refractivity (Wildman–Crippen MR) is 115 cm³/mol. The average molecular weight is 382 g/mol. The number of thiocarbonyl (C=S) groups is 1. The number of rotatable bonds is 3. The first-order valence-corrected chi connectivity index (χ1v) is 10.4. The summed E-state index contributed by atoms with van der Waals surface area (Å²) in [5, 5.41) is 4.38. The number of aromatic nitrogens is 1. The Hall–Kier alpha value is -2.14. The van der Waals surface area contributed by atoms with Crippen LogP contribution in [0.25, 0.3) is 0 Å². The Kier molecular flexibility index (Phi) is 5.04. The van der Waals surface area contributed by atoms with Gasteiger partial charge in [-0.2, -0.15) is 0 Å². The average Bonchev–Trinajstić information content (AvgIpc) is 2.68. The van der Waals surface area contributed by atoms with Crippen molar-refractivity contribution in [1.29, 1.82) is 0 Å². The number of nitrogens with zero attached hydrogens (tertiary/aromatic N) is 2. The van der Waals surface area contributed by atoms with Gasteiger partial charge in [-0.15, -0.1) is 0 Å². The first-order valence-electron chi connectivity index (χ1n) is 9.97. The van der Waals surface area contributed by atoms with E-state index < -0.39 is 0 Å². The topological polar surface area (TPSA) is 37.3 Å². The zero-order chi connectivity index (χ0) is 19.0. The normalized spacial score (nSPS) is 20.9. The van der Waals surface area contributed by atoms with Crippen LogP contribution in [0.5, 0.6) is 0 Å². The molecule has 1 saturated heterocycles. The molecule has 1 aromatic carbocycles. The van der Waals surface area contributed by atoms with E-state index in [0.29, 0.717) is 11.8 Å². The SMILES string of the molecule is CCc1cccc(CC)c1NC(=S)N1C[C@@H]2C[C@@H](C1)c1cccc(=O)n1C2. The molecule has 0 radical (unpaired) electrons. The standard InChI is InChI=1S/C22H27N3OS/c1-3-16-7-5-8-17(4-2)21(16)23-22(27)24-12-15-11-18(14-24)19-9-6-10-20(26)25(19)13-15/h5-10,15,18H,3-4,11-14H2,1-2H3,(H,23,27)/t15-,18-/m0/s1. The van der Waals surface area contributed by atoms with Gasteiger partial charge in [0.1, 0.15) is 0 Å². The summed E-state index contributed by atoms with van der Waals surface area (Å²) in [6.45, 7) is 6.96. The minimum Gasteiger partial charge on any atom is -0.348 e. The molecule has 1 N–H and O–H groups in total. The first-order chi connectivity index (χ1) is 13.1. The van der Waals surface area contributed by atoms with Gasteiger partial charge in [-0.25, -0.2) is 0 Å². The molecule has 2 bridgehead atoms. The van der Waals surface area contributed by atoms with Crippen LogP contribution in [0.2, 0.25) is 0 Å². The van der Waals surface area contributed by atoms with Gasteiger partial charge in [-0.3, -0.25) is 4.79 Å². The van der Waals surface area contributed by atoms with E-state index in [1.54, 1.807) is 6.07 Å². The van der Waals surface area contributed by atoms with Crippen LogP contribution in [0.3, 0.4) is 0 Å². The minimum atomic E-state index is 0.126. The summed E-state index contributed by atoms with van der Waals surface area (Å²) >= 11 is 5.82. The Balaban J connectivity index is 1.56. The van der Waals surface area contributed by atoms with Crippen LogP contribution in [0, 0.1) is 5.92 Å². The lowest BCUT2D eigenvalue weighted by Crippen LogP contribution is -2.50. The third-order valence-corrected chi connectivity index (χ3v) is 6.36. The third-order valence-electron chi connectivity index (χ3n) is 6.00. The van der Waals surface area contributed by atoms with Crippen molar-refractivity contribution < 1.29 is 0 Å². The smallest absolute Gasteiger partial charge is 0.250 e. The summed E-state index contributed by atoms with van der Waals surface area (Å²) in [7, 11) is 0. The van der Waals surface area contributed by atoms with Crippen molar-refractivity contribution in [2.45, 2.75) is 45.6 Å². The molecular formula is C22H27N3OS. The number of hydrogen-bond acceptors (Lipinski definition) is 2. The van der Waals surface area contributed by atoms with Crippen LogP contribution >= 0.6 is 12.2 Å². The molecule has 0 saturated carbocycles. The number of likely N-dealkylation sites (tertiary alicyclic amines) is 1. The van der Waals surface area contributed by atoms with Crippen molar-refractivity contribution in [2.24, 2.45) is 5.92 Å². The Labute approximate surface area is 166 Å². The molecular weight excluding hydrogens is 354 g/mol. The fourth-order valence-electron chi connectivity index (χ4n) is 4.65. The van der Waals surface area contributed by atoms with Gasteiger partial charge in [0.15, 0.2) is 5.11 Å². The maximum absolute atomic E-state index is 12.2. The van der Waals surface area contributed by atoms with Crippen molar-refractivity contribution in [2.75, 3.05) is 18.4 Å².